The highest BCUT2D eigenvalue weighted by Crippen LogP contribution is 2.14. The summed E-state index contributed by atoms with van der Waals surface area (Å²) in [7, 11) is 0. The molecule has 0 aliphatic heterocycles. The summed E-state index contributed by atoms with van der Waals surface area (Å²) in [5, 5.41) is 0. The maximum Gasteiger partial charge on any atom is 0.166 e. The van der Waals surface area contributed by atoms with Crippen molar-refractivity contribution in [1.82, 2.24) is 0 Å². The minimum absolute atomic E-state index is 0.0781. The molecular weight excluding hydrogens is 164 g/mol. The van der Waals surface area contributed by atoms with Crippen LogP contribution in [0.1, 0.15) is 29.5 Å². The van der Waals surface area contributed by atoms with Gasteiger partial charge in [-0.05, 0) is 6.07 Å². The zero-order valence-corrected chi connectivity index (χ0v) is 7.02. The van der Waals surface area contributed by atoms with Crippen molar-refractivity contribution in [3.8, 4) is 0 Å². The monoisotopic (exact) mass is 172 g/mol. The fourth-order valence-electron chi connectivity index (χ4n) is 0.883. The second-order valence-electron chi connectivity index (χ2n) is 2.17. The van der Waals surface area contributed by atoms with Crippen molar-refractivity contribution in [2.75, 3.05) is 0 Å². The molecule has 0 amide bonds. The molecule has 0 bridgehead atoms. The molecule has 0 aliphatic carbocycles. The predicted molar refractivity (Wildman–Crippen MR) is 42.9 cm³/mol. The number of hydrogen-bond acceptors (Lipinski definition) is 2. The molecule has 0 radical (unpaired) electrons. The Morgan fingerprint density at radius 3 is 3.00 bits per heavy atom. The number of rotatable bonds is 3. The molecule has 1 aromatic rings. The third-order valence-corrected chi connectivity index (χ3v) is 1.73. The molecule has 2 nitrogen and oxygen atoms in total. The Balaban J connectivity index is 2.92. The first-order valence-electron chi connectivity index (χ1n) is 3.45. The number of halogens is 1. The molecule has 0 fully saturated rings. The minimum Gasteiger partial charge on any atom is -0.467 e. The van der Waals surface area contributed by atoms with E-state index in [0.29, 0.717) is 17.7 Å². The van der Waals surface area contributed by atoms with E-state index in [2.05, 4.69) is 0 Å². The number of hydrogen-bond donors (Lipinski definition) is 0. The molecule has 0 saturated heterocycles. The molecular formula is C8H9ClO2. The first kappa shape index (κ1) is 8.34. The van der Waals surface area contributed by atoms with Crippen molar-refractivity contribution >= 4 is 17.4 Å². The van der Waals surface area contributed by atoms with Gasteiger partial charge < -0.3 is 4.42 Å². The smallest absolute Gasteiger partial charge is 0.166 e. The van der Waals surface area contributed by atoms with Gasteiger partial charge in [0.25, 0.3) is 0 Å². The van der Waals surface area contributed by atoms with Crippen LogP contribution in [0.15, 0.2) is 16.7 Å². The van der Waals surface area contributed by atoms with Crippen molar-refractivity contribution in [2.45, 2.75) is 19.2 Å². The molecule has 1 aromatic heterocycles. The van der Waals surface area contributed by atoms with E-state index in [1.165, 1.54) is 6.26 Å². The van der Waals surface area contributed by atoms with Crippen molar-refractivity contribution in [2.24, 2.45) is 0 Å². The van der Waals surface area contributed by atoms with Crippen LogP contribution in [0, 0.1) is 0 Å². The van der Waals surface area contributed by atoms with Crippen molar-refractivity contribution < 1.29 is 9.21 Å². The van der Waals surface area contributed by atoms with Crippen LogP contribution in [-0.2, 0) is 5.88 Å². The highest BCUT2D eigenvalue weighted by Gasteiger charge is 2.10. The van der Waals surface area contributed by atoms with E-state index < -0.39 is 0 Å². The van der Waals surface area contributed by atoms with Crippen LogP contribution in [0.3, 0.4) is 0 Å². The summed E-state index contributed by atoms with van der Waals surface area (Å²) in [5.74, 6) is 0.904. The van der Waals surface area contributed by atoms with Crippen LogP contribution in [0.2, 0.25) is 0 Å². The molecule has 0 N–H and O–H groups in total. The average Bonchev–Trinajstić information content (AvgIpc) is 2.50. The van der Waals surface area contributed by atoms with Gasteiger partial charge in [-0.2, -0.15) is 0 Å². The van der Waals surface area contributed by atoms with Gasteiger partial charge in [0.2, 0.25) is 0 Å². The number of Topliss-reactive ketones (excluding diaryl/α,β-unsaturated/α-hetero) is 1. The number of carbonyl (C=O) groups is 1. The molecule has 1 heterocycles. The first-order chi connectivity index (χ1) is 5.29. The van der Waals surface area contributed by atoms with E-state index in [1.807, 2.05) is 6.92 Å². The topological polar surface area (TPSA) is 30.2 Å². The average molecular weight is 173 g/mol. The molecule has 0 saturated carbocycles. The highest BCUT2D eigenvalue weighted by molar-refractivity contribution is 6.17. The van der Waals surface area contributed by atoms with Gasteiger partial charge in [0.15, 0.2) is 5.78 Å². The van der Waals surface area contributed by atoms with E-state index >= 15 is 0 Å². The van der Waals surface area contributed by atoms with Crippen LogP contribution in [0.25, 0.3) is 0 Å². The second-order valence-corrected chi connectivity index (χ2v) is 2.44. The third-order valence-electron chi connectivity index (χ3n) is 1.49. The number of furan rings is 1. The van der Waals surface area contributed by atoms with Gasteiger partial charge in [0, 0.05) is 6.42 Å². The molecule has 0 aromatic carbocycles. The molecule has 1 rings (SSSR count). The SMILES string of the molecule is CCC(=O)c1ccoc1CCl. The maximum absolute atomic E-state index is 11.1. The molecule has 60 valence electrons. The van der Waals surface area contributed by atoms with Gasteiger partial charge in [-0.25, -0.2) is 0 Å². The summed E-state index contributed by atoms with van der Waals surface area (Å²) in [4.78, 5) is 11.1. The van der Waals surface area contributed by atoms with E-state index in [4.69, 9.17) is 16.0 Å². The summed E-state index contributed by atoms with van der Waals surface area (Å²) >= 11 is 5.53. The first-order valence-corrected chi connectivity index (χ1v) is 3.98. The Morgan fingerprint density at radius 2 is 2.45 bits per heavy atom. The van der Waals surface area contributed by atoms with Gasteiger partial charge in [-0.15, -0.1) is 11.6 Å². The summed E-state index contributed by atoms with van der Waals surface area (Å²) in [5.41, 5.74) is 0.613. The zero-order valence-electron chi connectivity index (χ0n) is 6.26. The summed E-state index contributed by atoms with van der Waals surface area (Å²) < 4.78 is 4.98. The van der Waals surface area contributed by atoms with Crippen LogP contribution in [0.5, 0.6) is 0 Å². The Labute approximate surface area is 70.2 Å². The van der Waals surface area contributed by atoms with Crippen molar-refractivity contribution in [1.29, 1.82) is 0 Å². The molecule has 0 aliphatic rings. The van der Waals surface area contributed by atoms with Gasteiger partial charge in [-0.3, -0.25) is 4.79 Å². The summed E-state index contributed by atoms with van der Waals surface area (Å²) in [6.45, 7) is 1.81. The van der Waals surface area contributed by atoms with E-state index in [-0.39, 0.29) is 11.7 Å². The molecule has 3 heteroatoms. The normalized spacial score (nSPS) is 10.0. The second kappa shape index (κ2) is 3.58. The van der Waals surface area contributed by atoms with Gasteiger partial charge in [-0.1, -0.05) is 6.92 Å². The summed E-state index contributed by atoms with van der Waals surface area (Å²) in [6, 6.07) is 1.66. The van der Waals surface area contributed by atoms with Gasteiger partial charge >= 0.3 is 0 Å². The van der Waals surface area contributed by atoms with Crippen LogP contribution in [-0.4, -0.2) is 5.78 Å². The van der Waals surface area contributed by atoms with Crippen LogP contribution >= 0.6 is 11.6 Å². The number of carbonyl (C=O) groups excluding carboxylic acids is 1. The highest BCUT2D eigenvalue weighted by atomic mass is 35.5. The third kappa shape index (κ3) is 1.63. The molecule has 0 spiro atoms. The lowest BCUT2D eigenvalue weighted by molar-refractivity contribution is 0.0986. The number of ketones is 1. The number of alkyl halides is 1. The van der Waals surface area contributed by atoms with Crippen LogP contribution in [0.4, 0.5) is 0 Å². The van der Waals surface area contributed by atoms with E-state index in [1.54, 1.807) is 6.07 Å². The summed E-state index contributed by atoms with van der Waals surface area (Å²) in [6.07, 6.45) is 1.98. The van der Waals surface area contributed by atoms with Crippen LogP contribution < -0.4 is 0 Å². The predicted octanol–water partition coefficient (Wildman–Crippen LogP) is 2.61. The lowest BCUT2D eigenvalue weighted by atomic mass is 10.1. The van der Waals surface area contributed by atoms with Gasteiger partial charge in [0.1, 0.15) is 5.76 Å². The van der Waals surface area contributed by atoms with Gasteiger partial charge in [0.05, 0.1) is 17.7 Å². The lowest BCUT2D eigenvalue weighted by Gasteiger charge is -1.93. The Hall–Kier alpha value is -0.760. The largest absolute Gasteiger partial charge is 0.467 e. The maximum atomic E-state index is 11.1. The van der Waals surface area contributed by atoms with E-state index in [9.17, 15) is 4.79 Å². The fraction of sp³-hybridized carbons (Fsp3) is 0.375. The Morgan fingerprint density at radius 1 is 1.73 bits per heavy atom. The quantitative estimate of drug-likeness (QED) is 0.518. The molecule has 0 atom stereocenters. The van der Waals surface area contributed by atoms with Crippen molar-refractivity contribution in [3.63, 3.8) is 0 Å². The zero-order chi connectivity index (χ0) is 8.27. The Bertz CT molecular complexity index is 252. The lowest BCUT2D eigenvalue weighted by Crippen LogP contribution is -1.96. The molecule has 11 heavy (non-hydrogen) atoms. The van der Waals surface area contributed by atoms with E-state index in [0.717, 1.165) is 0 Å². The Kier molecular flexibility index (Phi) is 2.71. The molecule has 0 unspecified atom stereocenters. The minimum atomic E-state index is 0.0781. The fourth-order valence-corrected chi connectivity index (χ4v) is 1.09. The standard InChI is InChI=1S/C8H9ClO2/c1-2-7(10)6-3-4-11-8(6)5-9/h3-4H,2,5H2,1H3. The van der Waals surface area contributed by atoms with Crippen molar-refractivity contribution in [3.05, 3.63) is 23.7 Å².